The van der Waals surface area contributed by atoms with Gasteiger partial charge in [-0.1, -0.05) is 115 Å². The van der Waals surface area contributed by atoms with Crippen molar-refractivity contribution in [2.45, 2.75) is 13.8 Å². The van der Waals surface area contributed by atoms with Crippen LogP contribution in [0.3, 0.4) is 0 Å². The second-order valence-corrected chi connectivity index (χ2v) is 18.2. The number of halogens is 2. The molecule has 14 aromatic rings. The van der Waals surface area contributed by atoms with Gasteiger partial charge in [-0.25, -0.2) is 34.9 Å². The first-order valence-electron chi connectivity index (χ1n) is 28.7. The van der Waals surface area contributed by atoms with Crippen LogP contribution in [0.15, 0.2) is 322 Å². The van der Waals surface area contributed by atoms with Crippen molar-refractivity contribution in [3.8, 4) is 11.9 Å². The Kier molecular flexibility index (Phi) is 41.2. The Morgan fingerprint density at radius 1 is 0.495 bits per heavy atom. The largest absolute Gasteiger partial charge is 0.481 e. The molecule has 14 rings (SSSR count). The Bertz CT molecular complexity index is 3770. The van der Waals surface area contributed by atoms with E-state index in [1.807, 2.05) is 153 Å². The lowest BCUT2D eigenvalue weighted by Crippen LogP contribution is -2.17. The third-order valence-corrected chi connectivity index (χ3v) is 10.8. The summed E-state index contributed by atoms with van der Waals surface area (Å²) in [5.74, 6) is 1.26. The number of benzene rings is 3. The zero-order valence-corrected chi connectivity index (χ0v) is 53.6. The number of anilines is 2. The van der Waals surface area contributed by atoms with Crippen LogP contribution in [-0.2, 0) is 4.79 Å². The van der Waals surface area contributed by atoms with Gasteiger partial charge in [-0.2, -0.15) is 9.49 Å². The van der Waals surface area contributed by atoms with Crippen LogP contribution >= 0.6 is 11.6 Å². The summed E-state index contributed by atoms with van der Waals surface area (Å²) in [5, 5.41) is 14.8. The first-order chi connectivity index (χ1) is 46.4. The van der Waals surface area contributed by atoms with Gasteiger partial charge in [0.05, 0.1) is 25.9 Å². The maximum absolute atomic E-state index is 11.8. The van der Waals surface area contributed by atoms with Gasteiger partial charge < -0.3 is 35.8 Å². The summed E-state index contributed by atoms with van der Waals surface area (Å²) in [6.45, 7) is 3.47. The predicted octanol–water partition coefficient (Wildman–Crippen LogP) is 13.9. The van der Waals surface area contributed by atoms with Gasteiger partial charge in [-0.15, -0.1) is 0 Å². The lowest BCUT2D eigenvalue weighted by molar-refractivity contribution is -0.114. The maximum atomic E-state index is 11.8. The number of rotatable bonds is 4. The number of para-hydroxylation sites is 2. The van der Waals surface area contributed by atoms with Gasteiger partial charge in [0, 0.05) is 123 Å². The molecule has 11 heterocycles. The molecule has 21 nitrogen and oxygen atoms in total. The number of fused-ring (bicyclic) bond motifs is 2. The number of amides is 2. The number of aromatic amines is 3. The van der Waals surface area contributed by atoms with Gasteiger partial charge in [0.15, 0.2) is 0 Å². The molecule has 2 amide bonds. The number of ether oxygens (including phenoxy) is 2. The van der Waals surface area contributed by atoms with E-state index in [1.54, 1.807) is 149 Å². The predicted molar refractivity (Wildman–Crippen MR) is 375 cm³/mol. The summed E-state index contributed by atoms with van der Waals surface area (Å²) in [6.07, 6.45) is 23.8. The summed E-state index contributed by atoms with van der Waals surface area (Å²) < 4.78 is 21.3. The molecule has 0 atom stereocenters. The minimum atomic E-state index is -0.428. The molecule has 0 unspecified atom stereocenters. The minimum absolute atomic E-state index is 0.0411. The molecule has 0 spiro atoms. The normalized spacial score (nSPS) is 8.96. The van der Waals surface area contributed by atoms with Crippen LogP contribution in [0.1, 0.15) is 22.8 Å². The molecule has 0 saturated carbocycles. The molecule has 0 aliphatic heterocycles. The summed E-state index contributed by atoms with van der Waals surface area (Å²) in [6, 6.07) is 70.4. The molecule has 11 aromatic heterocycles. The Hall–Kier alpha value is -12.7. The van der Waals surface area contributed by atoms with Crippen molar-refractivity contribution in [1.82, 2.24) is 70.3 Å². The zero-order valence-electron chi connectivity index (χ0n) is 52.9. The lowest BCUT2D eigenvalue weighted by Gasteiger charge is -1.96. The average Bonchev–Trinajstić information content (AvgIpc) is 2.16. The summed E-state index contributed by atoms with van der Waals surface area (Å²) in [4.78, 5) is 70.9. The molecule has 0 aliphatic carbocycles. The molecule has 3 aromatic carbocycles. The number of nitrogens with one attached hydrogen (secondary N) is 5. The van der Waals surface area contributed by atoms with Crippen molar-refractivity contribution in [2.24, 2.45) is 0 Å². The Balaban J connectivity index is 0.000000271. The zero-order chi connectivity index (χ0) is 68.5. The molecule has 0 fully saturated rings. The van der Waals surface area contributed by atoms with Gasteiger partial charge >= 0.3 is 6.01 Å². The highest BCUT2D eigenvalue weighted by Gasteiger charge is 1.98. The number of pyridine rings is 8. The molecule has 0 radical (unpaired) electrons. The molecule has 0 saturated heterocycles. The average molecular weight is 1300 g/mol. The molecule has 23 heteroatoms. The quantitative estimate of drug-likeness (QED) is 0.0893. The fourth-order valence-corrected chi connectivity index (χ4v) is 6.41. The number of methoxy groups -OCH3 is 2. The van der Waals surface area contributed by atoms with E-state index in [-0.39, 0.29) is 17.4 Å². The van der Waals surface area contributed by atoms with E-state index >= 15 is 0 Å². The van der Waals surface area contributed by atoms with E-state index in [0.29, 0.717) is 34.2 Å². The van der Waals surface area contributed by atoms with Gasteiger partial charge in [0.2, 0.25) is 23.3 Å². The van der Waals surface area contributed by atoms with Crippen molar-refractivity contribution in [2.75, 3.05) is 32.3 Å². The van der Waals surface area contributed by atoms with Crippen LogP contribution < -0.4 is 31.4 Å². The minimum Gasteiger partial charge on any atom is -0.481 e. The number of aromatic nitrogens is 13. The van der Waals surface area contributed by atoms with Crippen molar-refractivity contribution in [3.05, 3.63) is 350 Å². The number of hydrogen-bond acceptors (Lipinski definition) is 16. The van der Waals surface area contributed by atoms with Gasteiger partial charge in [0.1, 0.15) is 16.8 Å². The smallest absolute Gasteiger partial charge is 0.315 e. The molecule has 486 valence electrons. The Morgan fingerprint density at radius 2 is 1.06 bits per heavy atom. The maximum Gasteiger partial charge on any atom is 0.315 e. The van der Waals surface area contributed by atoms with E-state index in [9.17, 15) is 18.8 Å². The standard InChI is InChI=1S/C8H9NO.C8H7N.C7H8N2O.C7H6N2.C6H7NO.C6H7N.C5H4ClN.C5H4FN.C5H6N2O.C5H6N2.C5H5NO.C5H5N/c1-9-8(10)7-5-3-2-4-6-7;1-2-4-8-7(3-1)5-6-9-8;1-6(10)9-7-4-2-3-5-8-7;1-2-4-7-6(3-1)5-8-9-7;1-8-6-4-2-3-5-7-6;1-6-3-2-4-7-5-6;2*6-5-3-1-2-4-7-5;1-8-5-6-3-2-4-7-5;6-5-3-1-2-4-7-5;7-5-3-1-2-4-6-5;1-2-4-6-5-3-1/h2-6H,1H3,(H,9,10);1-6,9H;2-5H,1H3,(H,8,9,10);1-5H,(H,8,9);2-5H,1H3;2-5H,1H3;2*1-4H;2-4H,1H3;1-4H,(H2,6,7);1-4H,(H,6,7);1-5H. The monoisotopic (exact) mass is 1300 g/mol. The number of hydrogen-bond donors (Lipinski definition) is 6. The van der Waals surface area contributed by atoms with Crippen LogP contribution in [0.25, 0.3) is 21.8 Å². The van der Waals surface area contributed by atoms with Crippen LogP contribution in [-0.4, -0.2) is 98.1 Å². The molecule has 0 bridgehead atoms. The van der Waals surface area contributed by atoms with Gasteiger partial charge in [0.25, 0.3) is 5.91 Å². The van der Waals surface area contributed by atoms with E-state index in [4.69, 9.17) is 26.8 Å². The number of nitrogens with two attached hydrogens (primary N) is 1. The molecule has 0 aliphatic rings. The summed E-state index contributed by atoms with van der Waals surface area (Å²) >= 11 is 5.43. The highest BCUT2D eigenvalue weighted by atomic mass is 35.5. The third-order valence-electron chi connectivity index (χ3n) is 10.6. The first kappa shape index (κ1) is 76.6. The highest BCUT2D eigenvalue weighted by molar-refractivity contribution is 6.29. The van der Waals surface area contributed by atoms with Gasteiger partial charge in [-0.3, -0.25) is 29.5 Å². The van der Waals surface area contributed by atoms with E-state index in [0.717, 1.165) is 10.9 Å². The van der Waals surface area contributed by atoms with Crippen molar-refractivity contribution in [1.29, 1.82) is 0 Å². The van der Waals surface area contributed by atoms with Crippen molar-refractivity contribution in [3.63, 3.8) is 0 Å². The SMILES string of the molecule is CC(=O)Nc1ccccn1.CNC(=O)c1ccccc1.COc1ccccn1.COc1ncccn1.Cc1cccnc1.Clc1ccccn1.Fc1ccccn1.Nc1ccccn1.O=c1cccc[nH]1.c1ccc2[nH]ccc2c1.c1ccc2[nH]ncc2c1.c1ccncc1. The van der Waals surface area contributed by atoms with Gasteiger partial charge in [-0.05, 0) is 133 Å². The summed E-state index contributed by atoms with van der Waals surface area (Å²) in [5.41, 5.74) is 9.40. The Morgan fingerprint density at radius 3 is 1.45 bits per heavy atom. The van der Waals surface area contributed by atoms with Crippen molar-refractivity contribution < 1.29 is 23.5 Å². The van der Waals surface area contributed by atoms with Crippen molar-refractivity contribution >= 4 is 56.9 Å². The van der Waals surface area contributed by atoms with Crippen LogP contribution in [0.5, 0.6) is 11.9 Å². The third kappa shape index (κ3) is 39.8. The van der Waals surface area contributed by atoms with E-state index < -0.39 is 5.95 Å². The van der Waals surface area contributed by atoms with E-state index in [2.05, 4.69) is 93.9 Å². The molecule has 7 N–H and O–H groups in total. The van der Waals surface area contributed by atoms with Crippen LogP contribution in [0.4, 0.5) is 16.0 Å². The fraction of sp³-hybridized carbons (Fsp3) is 0.0694. The number of H-pyrrole nitrogens is 3. The number of carbonyl (C=O) groups is 2. The lowest BCUT2D eigenvalue weighted by atomic mass is 10.2. The number of nitrogen functional groups attached to an aromatic ring is 1. The summed E-state index contributed by atoms with van der Waals surface area (Å²) in [7, 11) is 4.76. The highest BCUT2D eigenvalue weighted by Crippen LogP contribution is 2.10. The molecule has 95 heavy (non-hydrogen) atoms. The number of nitrogens with zero attached hydrogens (tertiary/aromatic N) is 10. The fourth-order valence-electron chi connectivity index (χ4n) is 6.28. The topological polar surface area (TPSA) is 296 Å². The second kappa shape index (κ2) is 51.1. The number of aryl methyl sites for hydroxylation is 1. The van der Waals surface area contributed by atoms with E-state index in [1.165, 1.54) is 48.8 Å². The second-order valence-electron chi connectivity index (χ2n) is 17.8. The molecular formula is C72H74ClFN16O5. The van der Waals surface area contributed by atoms with Crippen LogP contribution in [0, 0.1) is 12.9 Å². The number of carbonyl (C=O) groups excluding carboxylic acids is 2. The Labute approximate surface area is 555 Å². The first-order valence-corrected chi connectivity index (χ1v) is 29.0. The molecular weight excluding hydrogens is 1220 g/mol. The van der Waals surface area contributed by atoms with Crippen LogP contribution in [0.2, 0.25) is 5.15 Å².